The van der Waals surface area contributed by atoms with Crippen LogP contribution in [-0.2, 0) is 0 Å². The number of ketones is 1. The predicted octanol–water partition coefficient (Wildman–Crippen LogP) is 2.90. The lowest BCUT2D eigenvalue weighted by Gasteiger charge is -2.31. The Morgan fingerprint density at radius 3 is 2.20 bits per heavy atom. The third kappa shape index (κ3) is 3.77. The molecule has 4 nitrogen and oxygen atoms in total. The average Bonchev–Trinajstić information content (AvgIpc) is 2.67. The van der Waals surface area contributed by atoms with E-state index >= 15 is 0 Å². The summed E-state index contributed by atoms with van der Waals surface area (Å²) in [4.78, 5) is 27.3. The minimum Gasteiger partial charge on any atom is -0.396 e. The molecule has 0 aromatic heterocycles. The van der Waals surface area contributed by atoms with Gasteiger partial charge in [0.25, 0.3) is 5.91 Å². The highest BCUT2D eigenvalue weighted by molar-refractivity contribution is 6.15. The first-order valence-electron chi connectivity index (χ1n) is 8.39. The lowest BCUT2D eigenvalue weighted by Crippen LogP contribution is -2.39. The fourth-order valence-corrected chi connectivity index (χ4v) is 3.11. The van der Waals surface area contributed by atoms with Crippen LogP contribution in [0.2, 0.25) is 0 Å². The zero-order valence-corrected chi connectivity index (χ0v) is 13.8. The number of hydrogen-bond donors (Lipinski definition) is 1. The molecule has 0 atom stereocenters. The second kappa shape index (κ2) is 7.57. The van der Waals surface area contributed by atoms with E-state index in [4.69, 9.17) is 0 Å². The molecule has 1 aliphatic rings. The summed E-state index contributed by atoms with van der Waals surface area (Å²) < 4.78 is 13.1. The number of carbonyl (C=O) groups excluding carboxylic acids is 2. The summed E-state index contributed by atoms with van der Waals surface area (Å²) >= 11 is 0. The van der Waals surface area contributed by atoms with E-state index in [0.717, 1.165) is 12.8 Å². The molecule has 130 valence electrons. The van der Waals surface area contributed by atoms with Gasteiger partial charge in [-0.15, -0.1) is 0 Å². The minimum atomic E-state index is -0.410. The molecule has 2 aromatic carbocycles. The third-order valence-corrected chi connectivity index (χ3v) is 4.67. The van der Waals surface area contributed by atoms with Crippen molar-refractivity contribution in [3.05, 3.63) is 71.0 Å². The Labute approximate surface area is 145 Å². The number of halogens is 1. The summed E-state index contributed by atoms with van der Waals surface area (Å²) in [6, 6.07) is 12.0. The molecule has 0 aliphatic carbocycles. The molecule has 0 radical (unpaired) electrons. The summed E-state index contributed by atoms with van der Waals surface area (Å²) in [5, 5.41) is 9.22. The van der Waals surface area contributed by atoms with Gasteiger partial charge in [-0.05, 0) is 49.1 Å². The summed E-state index contributed by atoms with van der Waals surface area (Å²) in [7, 11) is 0. The molecule has 0 bridgehead atoms. The largest absolute Gasteiger partial charge is 0.396 e. The number of aliphatic hydroxyl groups is 1. The quantitative estimate of drug-likeness (QED) is 0.870. The zero-order chi connectivity index (χ0) is 17.8. The van der Waals surface area contributed by atoms with Crippen LogP contribution in [0.15, 0.2) is 48.5 Å². The van der Waals surface area contributed by atoms with Crippen LogP contribution in [0.1, 0.15) is 39.1 Å². The second-order valence-corrected chi connectivity index (χ2v) is 6.30. The van der Waals surface area contributed by atoms with Crippen molar-refractivity contribution in [2.24, 2.45) is 5.92 Å². The summed E-state index contributed by atoms with van der Waals surface area (Å²) in [6.45, 7) is 1.29. The lowest BCUT2D eigenvalue weighted by molar-refractivity contribution is 0.0648. The van der Waals surface area contributed by atoms with Gasteiger partial charge in [0.1, 0.15) is 5.82 Å². The summed E-state index contributed by atoms with van der Waals surface area (Å²) in [5.41, 5.74) is 1.03. The third-order valence-electron chi connectivity index (χ3n) is 4.67. The number of nitrogens with zero attached hydrogens (tertiary/aromatic N) is 1. The van der Waals surface area contributed by atoms with Crippen LogP contribution in [0.4, 0.5) is 4.39 Å². The highest BCUT2D eigenvalue weighted by Crippen LogP contribution is 2.21. The number of benzene rings is 2. The molecule has 0 spiro atoms. The lowest BCUT2D eigenvalue weighted by atomic mass is 9.95. The molecular weight excluding hydrogens is 321 g/mol. The molecule has 1 heterocycles. The monoisotopic (exact) mass is 341 g/mol. The highest BCUT2D eigenvalue weighted by atomic mass is 19.1. The van der Waals surface area contributed by atoms with E-state index in [1.807, 2.05) is 0 Å². The van der Waals surface area contributed by atoms with Crippen molar-refractivity contribution in [2.45, 2.75) is 12.8 Å². The van der Waals surface area contributed by atoms with E-state index < -0.39 is 5.82 Å². The first-order chi connectivity index (χ1) is 12.1. The van der Waals surface area contributed by atoms with Crippen molar-refractivity contribution >= 4 is 11.7 Å². The molecule has 1 aliphatic heterocycles. The van der Waals surface area contributed by atoms with Crippen molar-refractivity contribution in [3.63, 3.8) is 0 Å². The molecule has 0 unspecified atom stereocenters. The van der Waals surface area contributed by atoms with E-state index in [1.165, 1.54) is 24.3 Å². The van der Waals surface area contributed by atoms with Gasteiger partial charge in [-0.3, -0.25) is 9.59 Å². The van der Waals surface area contributed by atoms with Crippen LogP contribution in [0, 0.1) is 11.7 Å². The predicted molar refractivity (Wildman–Crippen MR) is 92.0 cm³/mol. The summed E-state index contributed by atoms with van der Waals surface area (Å²) in [6.07, 6.45) is 1.52. The number of amides is 1. The van der Waals surface area contributed by atoms with Crippen LogP contribution in [-0.4, -0.2) is 41.4 Å². The molecule has 1 saturated heterocycles. The standard InChI is InChI=1S/C20H20FNO3/c21-16-7-5-15(6-8-16)19(24)17-3-1-2-4-18(17)20(25)22-11-9-14(13-23)10-12-22/h1-8,14,23H,9-13H2. The minimum absolute atomic E-state index is 0.141. The smallest absolute Gasteiger partial charge is 0.254 e. The average molecular weight is 341 g/mol. The molecule has 25 heavy (non-hydrogen) atoms. The number of piperidine rings is 1. The summed E-state index contributed by atoms with van der Waals surface area (Å²) in [5.74, 6) is -0.649. The normalized spacial score (nSPS) is 15.2. The molecular formula is C20H20FNO3. The Morgan fingerprint density at radius 1 is 1.00 bits per heavy atom. The van der Waals surface area contributed by atoms with Gasteiger partial charge in [0.15, 0.2) is 5.78 Å². The molecule has 1 amide bonds. The van der Waals surface area contributed by atoms with Crippen molar-refractivity contribution in [1.29, 1.82) is 0 Å². The maximum atomic E-state index is 13.1. The van der Waals surface area contributed by atoms with Crippen molar-refractivity contribution in [2.75, 3.05) is 19.7 Å². The maximum Gasteiger partial charge on any atom is 0.254 e. The van der Waals surface area contributed by atoms with Crippen molar-refractivity contribution < 1.29 is 19.1 Å². The Balaban J connectivity index is 1.84. The topological polar surface area (TPSA) is 57.6 Å². The Bertz CT molecular complexity index is 765. The fourth-order valence-electron chi connectivity index (χ4n) is 3.11. The number of carbonyl (C=O) groups is 2. The van der Waals surface area contributed by atoms with E-state index in [1.54, 1.807) is 29.2 Å². The van der Waals surface area contributed by atoms with E-state index in [-0.39, 0.29) is 24.2 Å². The van der Waals surface area contributed by atoms with Gasteiger partial charge in [-0.1, -0.05) is 18.2 Å². The van der Waals surface area contributed by atoms with Gasteiger partial charge >= 0.3 is 0 Å². The maximum absolute atomic E-state index is 13.1. The Hall–Kier alpha value is -2.53. The number of aliphatic hydroxyl groups excluding tert-OH is 1. The van der Waals surface area contributed by atoms with Crippen molar-refractivity contribution in [3.8, 4) is 0 Å². The molecule has 2 aromatic rings. The first-order valence-corrected chi connectivity index (χ1v) is 8.39. The van der Waals surface area contributed by atoms with Gasteiger partial charge < -0.3 is 10.0 Å². The van der Waals surface area contributed by atoms with Gasteiger partial charge in [0, 0.05) is 30.8 Å². The Kier molecular flexibility index (Phi) is 5.24. The van der Waals surface area contributed by atoms with Crippen molar-refractivity contribution in [1.82, 2.24) is 4.90 Å². The SMILES string of the molecule is O=C(c1ccc(F)cc1)c1ccccc1C(=O)N1CCC(CO)CC1. The van der Waals surface area contributed by atoms with Crippen LogP contribution in [0.5, 0.6) is 0 Å². The van der Waals surface area contributed by atoms with Crippen LogP contribution in [0.3, 0.4) is 0 Å². The van der Waals surface area contributed by atoms with Gasteiger partial charge in [0.2, 0.25) is 0 Å². The van der Waals surface area contributed by atoms with Gasteiger partial charge in [-0.2, -0.15) is 0 Å². The number of likely N-dealkylation sites (tertiary alicyclic amines) is 1. The fraction of sp³-hybridized carbons (Fsp3) is 0.300. The van der Waals surface area contributed by atoms with E-state index in [9.17, 15) is 19.1 Å². The molecule has 0 saturated carbocycles. The van der Waals surface area contributed by atoms with E-state index in [0.29, 0.717) is 29.8 Å². The molecule has 1 N–H and O–H groups in total. The zero-order valence-electron chi connectivity index (χ0n) is 13.8. The Morgan fingerprint density at radius 2 is 1.60 bits per heavy atom. The van der Waals surface area contributed by atoms with Crippen LogP contribution < -0.4 is 0 Å². The van der Waals surface area contributed by atoms with Gasteiger partial charge in [-0.25, -0.2) is 4.39 Å². The van der Waals surface area contributed by atoms with Crippen LogP contribution in [0.25, 0.3) is 0 Å². The van der Waals surface area contributed by atoms with E-state index in [2.05, 4.69) is 0 Å². The van der Waals surface area contributed by atoms with Gasteiger partial charge in [0.05, 0.1) is 5.56 Å². The molecule has 3 rings (SSSR count). The highest BCUT2D eigenvalue weighted by Gasteiger charge is 2.26. The number of rotatable bonds is 4. The first kappa shape index (κ1) is 17.3. The molecule has 1 fully saturated rings. The second-order valence-electron chi connectivity index (χ2n) is 6.30. The number of hydrogen-bond acceptors (Lipinski definition) is 3. The van der Waals surface area contributed by atoms with Crippen LogP contribution >= 0.6 is 0 Å². The molecule has 5 heteroatoms.